The van der Waals surface area contributed by atoms with Crippen LogP contribution < -0.4 is 10.3 Å². The predicted octanol–water partition coefficient (Wildman–Crippen LogP) is 4.90. The van der Waals surface area contributed by atoms with E-state index in [0.717, 1.165) is 22.6 Å². The van der Waals surface area contributed by atoms with Crippen LogP contribution in [0.5, 0.6) is 0 Å². The third-order valence-electron chi connectivity index (χ3n) is 3.14. The molecule has 0 unspecified atom stereocenters. The molecule has 2 aromatic carbocycles. The van der Waals surface area contributed by atoms with Crippen molar-refractivity contribution in [1.29, 1.82) is 0 Å². The molecule has 5 heteroatoms. The second kappa shape index (κ2) is 6.83. The van der Waals surface area contributed by atoms with E-state index in [1.807, 2.05) is 63.5 Å². The number of hydrazone groups is 1. The largest absolute Gasteiger partial charge is 0.388 e. The van der Waals surface area contributed by atoms with Crippen molar-refractivity contribution in [1.82, 2.24) is 0 Å². The number of nitrogens with zero attached hydrogens (tertiary/aromatic N) is 2. The first-order valence-corrected chi connectivity index (χ1v) is 7.29. The summed E-state index contributed by atoms with van der Waals surface area (Å²) < 4.78 is 0. The number of rotatable bonds is 4. The van der Waals surface area contributed by atoms with Gasteiger partial charge in [-0.1, -0.05) is 35.3 Å². The zero-order valence-corrected chi connectivity index (χ0v) is 13.7. The quantitative estimate of drug-likeness (QED) is 0.641. The highest BCUT2D eigenvalue weighted by Gasteiger charge is 2.09. The zero-order chi connectivity index (χ0) is 15.4. The van der Waals surface area contributed by atoms with Gasteiger partial charge >= 0.3 is 0 Å². The van der Waals surface area contributed by atoms with Crippen LogP contribution in [0.3, 0.4) is 0 Å². The van der Waals surface area contributed by atoms with Crippen LogP contribution in [0.2, 0.25) is 10.0 Å². The van der Waals surface area contributed by atoms with Gasteiger partial charge in [0.25, 0.3) is 0 Å². The lowest BCUT2D eigenvalue weighted by atomic mass is 10.1. The molecule has 110 valence electrons. The maximum Gasteiger partial charge on any atom is 0.0776 e. The van der Waals surface area contributed by atoms with Gasteiger partial charge < -0.3 is 5.32 Å². The maximum absolute atomic E-state index is 6.19. The number of para-hydroxylation sites is 1. The summed E-state index contributed by atoms with van der Waals surface area (Å²) in [4.78, 5) is 0. The van der Waals surface area contributed by atoms with Gasteiger partial charge in [0.1, 0.15) is 0 Å². The Labute approximate surface area is 135 Å². The minimum absolute atomic E-state index is 0.663. The van der Waals surface area contributed by atoms with E-state index in [0.29, 0.717) is 10.0 Å². The first-order valence-electron chi connectivity index (χ1n) is 6.54. The van der Waals surface area contributed by atoms with Gasteiger partial charge in [0.15, 0.2) is 0 Å². The van der Waals surface area contributed by atoms with Crippen LogP contribution in [0.15, 0.2) is 47.6 Å². The minimum atomic E-state index is 0.663. The molecule has 0 saturated carbocycles. The summed E-state index contributed by atoms with van der Waals surface area (Å²) in [6.07, 6.45) is 0. The first kappa shape index (κ1) is 15.7. The average Bonchev–Trinajstić information content (AvgIpc) is 2.47. The number of hydrogen-bond acceptors (Lipinski definition) is 3. The Balaban J connectivity index is 2.37. The van der Waals surface area contributed by atoms with Gasteiger partial charge in [-0.15, -0.1) is 0 Å². The van der Waals surface area contributed by atoms with Gasteiger partial charge in [-0.3, -0.25) is 5.01 Å². The fourth-order valence-electron chi connectivity index (χ4n) is 2.08. The summed E-state index contributed by atoms with van der Waals surface area (Å²) in [5.74, 6) is 0. The molecule has 3 nitrogen and oxygen atoms in total. The normalized spacial score (nSPS) is 11.4. The first-order chi connectivity index (χ1) is 10.0. The predicted molar refractivity (Wildman–Crippen MR) is 93.1 cm³/mol. The highest BCUT2D eigenvalue weighted by molar-refractivity contribution is 6.33. The fraction of sp³-hybridized carbons (Fsp3) is 0.188. The summed E-state index contributed by atoms with van der Waals surface area (Å²) in [6.45, 7) is 1.94. The summed E-state index contributed by atoms with van der Waals surface area (Å²) in [7, 11) is 3.74. The van der Waals surface area contributed by atoms with Crippen molar-refractivity contribution in [3.63, 3.8) is 0 Å². The molecule has 0 aliphatic carbocycles. The molecular formula is C16H17Cl2N3. The van der Waals surface area contributed by atoms with E-state index in [1.54, 1.807) is 5.01 Å². The third kappa shape index (κ3) is 3.69. The van der Waals surface area contributed by atoms with E-state index in [9.17, 15) is 0 Å². The Morgan fingerprint density at radius 1 is 1.14 bits per heavy atom. The molecule has 21 heavy (non-hydrogen) atoms. The standard InChI is InChI=1S/C16H17Cl2N3/c1-11(13-10-12(17)8-9-15(13)19-2)20-21(3)16-7-5-4-6-14(16)18/h4-10,19H,1-3H3/b20-11+. The van der Waals surface area contributed by atoms with E-state index < -0.39 is 0 Å². The molecule has 0 spiro atoms. The summed E-state index contributed by atoms with van der Waals surface area (Å²) in [5, 5.41) is 10.8. The monoisotopic (exact) mass is 321 g/mol. The lowest BCUT2D eigenvalue weighted by Crippen LogP contribution is -2.13. The smallest absolute Gasteiger partial charge is 0.0776 e. The fourth-order valence-corrected chi connectivity index (χ4v) is 2.51. The molecule has 0 aliphatic rings. The molecule has 0 aromatic heterocycles. The van der Waals surface area contributed by atoms with Crippen LogP contribution >= 0.6 is 23.2 Å². The van der Waals surface area contributed by atoms with Crippen molar-refractivity contribution < 1.29 is 0 Å². The number of hydrogen-bond donors (Lipinski definition) is 1. The Morgan fingerprint density at radius 3 is 2.52 bits per heavy atom. The van der Waals surface area contributed by atoms with Crippen molar-refractivity contribution in [2.24, 2.45) is 5.10 Å². The van der Waals surface area contributed by atoms with Gasteiger partial charge in [-0.25, -0.2) is 0 Å². The topological polar surface area (TPSA) is 27.6 Å². The molecule has 0 amide bonds. The summed E-state index contributed by atoms with van der Waals surface area (Å²) in [6, 6.07) is 13.3. The van der Waals surface area contributed by atoms with Gasteiger partial charge in [-0.05, 0) is 37.3 Å². The number of benzene rings is 2. The van der Waals surface area contributed by atoms with Crippen molar-refractivity contribution in [2.75, 3.05) is 24.4 Å². The molecule has 0 radical (unpaired) electrons. The van der Waals surface area contributed by atoms with E-state index in [-0.39, 0.29) is 0 Å². The van der Waals surface area contributed by atoms with Crippen LogP contribution in [-0.4, -0.2) is 19.8 Å². The Morgan fingerprint density at radius 2 is 1.86 bits per heavy atom. The molecule has 0 bridgehead atoms. The van der Waals surface area contributed by atoms with Gasteiger partial charge in [-0.2, -0.15) is 5.10 Å². The minimum Gasteiger partial charge on any atom is -0.388 e. The lowest BCUT2D eigenvalue weighted by Gasteiger charge is -2.17. The Bertz CT molecular complexity index is 668. The maximum atomic E-state index is 6.19. The zero-order valence-electron chi connectivity index (χ0n) is 12.2. The van der Waals surface area contributed by atoms with Crippen LogP contribution in [0.1, 0.15) is 12.5 Å². The highest BCUT2D eigenvalue weighted by atomic mass is 35.5. The average molecular weight is 322 g/mol. The Kier molecular flexibility index (Phi) is 5.10. The summed E-state index contributed by atoms with van der Waals surface area (Å²) in [5.41, 5.74) is 3.65. The molecule has 0 aliphatic heterocycles. The SMILES string of the molecule is CNc1ccc(Cl)cc1/C(C)=N/N(C)c1ccccc1Cl. The van der Waals surface area contributed by atoms with Crippen molar-refractivity contribution >= 4 is 40.3 Å². The third-order valence-corrected chi connectivity index (χ3v) is 3.70. The number of anilines is 2. The number of halogens is 2. The molecule has 2 aromatic rings. The van der Waals surface area contributed by atoms with E-state index in [4.69, 9.17) is 23.2 Å². The molecule has 0 fully saturated rings. The highest BCUT2D eigenvalue weighted by Crippen LogP contribution is 2.26. The van der Waals surface area contributed by atoms with Crippen LogP contribution in [0, 0.1) is 0 Å². The Hall–Kier alpha value is -1.71. The molecule has 1 N–H and O–H groups in total. The van der Waals surface area contributed by atoms with E-state index in [2.05, 4.69) is 10.4 Å². The van der Waals surface area contributed by atoms with E-state index in [1.165, 1.54) is 0 Å². The van der Waals surface area contributed by atoms with Crippen molar-refractivity contribution in [2.45, 2.75) is 6.92 Å². The van der Waals surface area contributed by atoms with Crippen LogP contribution in [-0.2, 0) is 0 Å². The molecule has 0 atom stereocenters. The van der Waals surface area contributed by atoms with Crippen LogP contribution in [0.4, 0.5) is 11.4 Å². The molecular weight excluding hydrogens is 305 g/mol. The molecule has 0 heterocycles. The van der Waals surface area contributed by atoms with Crippen LogP contribution in [0.25, 0.3) is 0 Å². The van der Waals surface area contributed by atoms with E-state index >= 15 is 0 Å². The van der Waals surface area contributed by atoms with Crippen molar-refractivity contribution in [3.05, 3.63) is 58.1 Å². The summed E-state index contributed by atoms with van der Waals surface area (Å²) >= 11 is 12.3. The lowest BCUT2D eigenvalue weighted by molar-refractivity contribution is 1.01. The second-order valence-corrected chi connectivity index (χ2v) is 5.44. The van der Waals surface area contributed by atoms with Gasteiger partial charge in [0.2, 0.25) is 0 Å². The molecule has 2 rings (SSSR count). The second-order valence-electron chi connectivity index (χ2n) is 4.60. The van der Waals surface area contributed by atoms with Crippen molar-refractivity contribution in [3.8, 4) is 0 Å². The number of nitrogens with one attached hydrogen (secondary N) is 1. The molecule has 0 saturated heterocycles. The van der Waals surface area contributed by atoms with Gasteiger partial charge in [0.05, 0.1) is 16.4 Å². The van der Waals surface area contributed by atoms with Gasteiger partial charge in [0, 0.05) is 30.4 Å².